The van der Waals surface area contributed by atoms with Gasteiger partial charge in [-0.15, -0.1) is 0 Å². The zero-order valence-corrected chi connectivity index (χ0v) is 12.7. The highest BCUT2D eigenvalue weighted by Crippen LogP contribution is 2.26. The number of nitrogens with zero attached hydrogens (tertiary/aromatic N) is 1. The summed E-state index contributed by atoms with van der Waals surface area (Å²) in [7, 11) is -4.05. The van der Waals surface area contributed by atoms with Crippen molar-refractivity contribution < 1.29 is 21.9 Å². The van der Waals surface area contributed by atoms with Crippen LogP contribution in [0, 0.1) is 11.6 Å². The fourth-order valence-corrected chi connectivity index (χ4v) is 4.11. The van der Waals surface area contributed by atoms with Gasteiger partial charge in [0, 0.05) is 25.2 Å². The third kappa shape index (κ3) is 3.08. The van der Waals surface area contributed by atoms with E-state index >= 15 is 0 Å². The first-order chi connectivity index (χ1) is 9.77. The molecule has 0 spiro atoms. The molecule has 0 saturated carbocycles. The van der Waals surface area contributed by atoms with E-state index in [-0.39, 0.29) is 25.3 Å². The molecular formula is C13H18F2N2O3S. The highest BCUT2D eigenvalue weighted by atomic mass is 32.2. The third-order valence-electron chi connectivity index (χ3n) is 3.36. The Morgan fingerprint density at radius 2 is 1.86 bits per heavy atom. The third-order valence-corrected chi connectivity index (χ3v) is 5.21. The maximum Gasteiger partial charge on any atom is 0.246 e. The molecule has 2 rings (SSSR count). The number of hydrogen-bond acceptors (Lipinski definition) is 4. The van der Waals surface area contributed by atoms with E-state index in [0.717, 1.165) is 16.4 Å². The number of morpholine rings is 1. The maximum absolute atomic E-state index is 14.2. The normalized spacial score (nSPS) is 24.2. The molecule has 1 fully saturated rings. The van der Waals surface area contributed by atoms with Crippen LogP contribution >= 0.6 is 0 Å². The monoisotopic (exact) mass is 320 g/mol. The maximum atomic E-state index is 14.2. The first kappa shape index (κ1) is 16.3. The molecule has 5 nitrogen and oxygen atoms in total. The molecule has 2 atom stereocenters. The van der Waals surface area contributed by atoms with Crippen LogP contribution in [0.15, 0.2) is 17.0 Å². The van der Waals surface area contributed by atoms with Gasteiger partial charge >= 0.3 is 0 Å². The average molecular weight is 320 g/mol. The minimum absolute atomic E-state index is 0.126. The molecule has 1 aromatic carbocycles. The quantitative estimate of drug-likeness (QED) is 0.909. The van der Waals surface area contributed by atoms with Gasteiger partial charge in [-0.25, -0.2) is 17.2 Å². The molecule has 0 radical (unpaired) electrons. The van der Waals surface area contributed by atoms with Crippen molar-refractivity contribution in [2.24, 2.45) is 5.73 Å². The lowest BCUT2D eigenvalue weighted by molar-refractivity contribution is -0.0441. The summed E-state index contributed by atoms with van der Waals surface area (Å²) in [4.78, 5) is -0.550. The number of sulfonamides is 1. The zero-order valence-electron chi connectivity index (χ0n) is 11.8. The molecule has 2 N–H and O–H groups in total. The van der Waals surface area contributed by atoms with Crippen molar-refractivity contribution in [3.8, 4) is 0 Å². The van der Waals surface area contributed by atoms with Crippen LogP contribution in [-0.2, 0) is 21.3 Å². The van der Waals surface area contributed by atoms with Gasteiger partial charge in [0.2, 0.25) is 10.0 Å². The molecule has 0 aliphatic carbocycles. The van der Waals surface area contributed by atoms with E-state index < -0.39 is 38.7 Å². The van der Waals surface area contributed by atoms with Gasteiger partial charge in [0.1, 0.15) is 10.7 Å². The highest BCUT2D eigenvalue weighted by Gasteiger charge is 2.34. The van der Waals surface area contributed by atoms with E-state index in [4.69, 9.17) is 10.5 Å². The molecule has 0 bridgehead atoms. The fraction of sp³-hybridized carbons (Fsp3) is 0.538. The summed E-state index contributed by atoms with van der Waals surface area (Å²) in [5.41, 5.74) is 4.85. The van der Waals surface area contributed by atoms with Gasteiger partial charge in [-0.3, -0.25) is 0 Å². The lowest BCUT2D eigenvalue weighted by Gasteiger charge is -2.34. The number of ether oxygens (including phenoxy) is 1. The van der Waals surface area contributed by atoms with Crippen molar-refractivity contribution in [3.05, 3.63) is 29.3 Å². The van der Waals surface area contributed by atoms with Crippen LogP contribution in [0.2, 0.25) is 0 Å². The summed E-state index contributed by atoms with van der Waals surface area (Å²) in [6.07, 6.45) is -0.581. The number of benzene rings is 1. The van der Waals surface area contributed by atoms with E-state index in [0.29, 0.717) is 0 Å². The van der Waals surface area contributed by atoms with Gasteiger partial charge in [-0.2, -0.15) is 4.31 Å². The minimum Gasteiger partial charge on any atom is -0.373 e. The van der Waals surface area contributed by atoms with Gasteiger partial charge in [0.05, 0.1) is 12.2 Å². The van der Waals surface area contributed by atoms with Crippen LogP contribution in [0.3, 0.4) is 0 Å². The Labute approximate surface area is 122 Å². The number of rotatable bonds is 3. The number of hydrogen-bond donors (Lipinski definition) is 1. The summed E-state index contributed by atoms with van der Waals surface area (Å²) in [6.45, 7) is 3.33. The van der Waals surface area contributed by atoms with Crippen molar-refractivity contribution in [3.63, 3.8) is 0 Å². The Balaban J connectivity index is 2.45. The molecule has 0 aromatic heterocycles. The molecule has 1 aliphatic rings. The lowest BCUT2D eigenvalue weighted by Crippen LogP contribution is -2.48. The summed E-state index contributed by atoms with van der Waals surface area (Å²) < 4.78 is 59.4. The van der Waals surface area contributed by atoms with E-state index in [1.807, 2.05) is 0 Å². The summed E-state index contributed by atoms with van der Waals surface area (Å²) in [5.74, 6) is -1.97. The fourth-order valence-electron chi connectivity index (χ4n) is 2.43. The first-order valence-corrected chi connectivity index (χ1v) is 8.04. The van der Waals surface area contributed by atoms with Crippen molar-refractivity contribution >= 4 is 10.0 Å². The second kappa shape index (κ2) is 5.96. The SMILES string of the molecule is C[C@@H]1CN(S(=O)(=O)c2ccc(F)c(CN)c2F)C[C@H](C)O1. The standard InChI is InChI=1S/C13H18F2N2O3S/c1-8-6-17(7-9(2)20-8)21(18,19)12-4-3-11(14)10(5-16)13(12)15/h3-4,8-9H,5-7,16H2,1-2H3/t8-,9+. The molecule has 1 aliphatic heterocycles. The van der Waals surface area contributed by atoms with Gasteiger partial charge in [0.15, 0.2) is 5.82 Å². The smallest absolute Gasteiger partial charge is 0.246 e. The van der Waals surface area contributed by atoms with Gasteiger partial charge < -0.3 is 10.5 Å². The summed E-state index contributed by atoms with van der Waals surface area (Å²) in [6, 6.07) is 1.86. The lowest BCUT2D eigenvalue weighted by atomic mass is 10.2. The molecule has 8 heteroatoms. The first-order valence-electron chi connectivity index (χ1n) is 6.60. The largest absolute Gasteiger partial charge is 0.373 e. The molecule has 21 heavy (non-hydrogen) atoms. The second-order valence-corrected chi connectivity index (χ2v) is 7.03. The number of halogens is 2. The molecule has 0 unspecified atom stereocenters. The van der Waals surface area contributed by atoms with Crippen molar-refractivity contribution in [2.75, 3.05) is 13.1 Å². The van der Waals surface area contributed by atoms with E-state index in [1.165, 1.54) is 0 Å². The molecule has 0 amide bonds. The minimum atomic E-state index is -4.05. The van der Waals surface area contributed by atoms with E-state index in [1.54, 1.807) is 13.8 Å². The zero-order chi connectivity index (χ0) is 15.8. The van der Waals surface area contributed by atoms with Crippen LogP contribution in [0.25, 0.3) is 0 Å². The van der Waals surface area contributed by atoms with Crippen LogP contribution in [0.4, 0.5) is 8.78 Å². The Morgan fingerprint density at radius 3 is 2.38 bits per heavy atom. The van der Waals surface area contributed by atoms with Crippen molar-refractivity contribution in [1.29, 1.82) is 0 Å². The van der Waals surface area contributed by atoms with Crippen LogP contribution in [0.5, 0.6) is 0 Å². The van der Waals surface area contributed by atoms with Crippen LogP contribution in [-0.4, -0.2) is 38.0 Å². The van der Waals surface area contributed by atoms with Gasteiger partial charge in [-0.05, 0) is 26.0 Å². The Morgan fingerprint density at radius 1 is 1.29 bits per heavy atom. The molecule has 1 saturated heterocycles. The number of nitrogens with two attached hydrogens (primary N) is 1. The molecule has 118 valence electrons. The van der Waals surface area contributed by atoms with E-state index in [9.17, 15) is 17.2 Å². The Kier molecular flexibility index (Phi) is 4.62. The predicted octanol–water partition coefficient (Wildman–Crippen LogP) is 1.22. The van der Waals surface area contributed by atoms with Crippen LogP contribution in [0.1, 0.15) is 19.4 Å². The van der Waals surface area contributed by atoms with Crippen molar-refractivity contribution in [1.82, 2.24) is 4.31 Å². The summed E-state index contributed by atoms with van der Waals surface area (Å²) in [5, 5.41) is 0. The Bertz CT molecular complexity index is 627. The topological polar surface area (TPSA) is 72.6 Å². The second-order valence-electron chi connectivity index (χ2n) is 5.12. The molecule has 1 aromatic rings. The predicted molar refractivity (Wildman–Crippen MR) is 73.0 cm³/mol. The molecule has 1 heterocycles. The Hall–Kier alpha value is -1.09. The molecular weight excluding hydrogens is 302 g/mol. The van der Waals surface area contributed by atoms with E-state index in [2.05, 4.69) is 0 Å². The van der Waals surface area contributed by atoms with Gasteiger partial charge in [0.25, 0.3) is 0 Å². The average Bonchev–Trinajstić information content (AvgIpc) is 2.37. The van der Waals surface area contributed by atoms with Crippen LogP contribution < -0.4 is 5.73 Å². The van der Waals surface area contributed by atoms with Crippen molar-refractivity contribution in [2.45, 2.75) is 37.5 Å². The summed E-state index contributed by atoms with van der Waals surface area (Å²) >= 11 is 0. The van der Waals surface area contributed by atoms with Gasteiger partial charge in [-0.1, -0.05) is 0 Å². The highest BCUT2D eigenvalue weighted by molar-refractivity contribution is 7.89.